The predicted molar refractivity (Wildman–Crippen MR) is 72.8 cm³/mol. The van der Waals surface area contributed by atoms with E-state index in [1.165, 1.54) is 9.36 Å². The summed E-state index contributed by atoms with van der Waals surface area (Å²) in [5.41, 5.74) is 1.95. The molecule has 0 fully saturated rings. The van der Waals surface area contributed by atoms with Crippen LogP contribution >= 0.6 is 0 Å². The molecule has 0 atom stereocenters. The van der Waals surface area contributed by atoms with E-state index in [9.17, 15) is 9.59 Å². The first kappa shape index (κ1) is 18.3. The van der Waals surface area contributed by atoms with Crippen molar-refractivity contribution in [1.82, 2.24) is 19.6 Å². The zero-order chi connectivity index (χ0) is 15.1. The zero-order valence-corrected chi connectivity index (χ0v) is 11.7. The van der Waals surface area contributed by atoms with Crippen molar-refractivity contribution in [2.24, 2.45) is 0 Å². The number of carboxylic acid groups (broad SMARTS) is 2. The van der Waals surface area contributed by atoms with Gasteiger partial charge in [-0.05, 0) is 25.0 Å². The van der Waals surface area contributed by atoms with Crippen LogP contribution in [0.4, 0.5) is 0 Å². The molecule has 2 aromatic rings. The van der Waals surface area contributed by atoms with E-state index in [1.807, 2.05) is 13.8 Å². The topological polar surface area (TPSA) is 142 Å². The molecule has 4 N–H and O–H groups in total. The lowest BCUT2D eigenvalue weighted by molar-refractivity contribution is -0.138. The van der Waals surface area contributed by atoms with Gasteiger partial charge in [0.25, 0.3) is 0 Å². The van der Waals surface area contributed by atoms with Gasteiger partial charge in [-0.3, -0.25) is 19.0 Å². The van der Waals surface area contributed by atoms with Crippen molar-refractivity contribution in [2.45, 2.75) is 26.9 Å². The van der Waals surface area contributed by atoms with Crippen molar-refractivity contribution in [3.05, 3.63) is 35.9 Å². The second-order valence-electron chi connectivity index (χ2n) is 4.22. The van der Waals surface area contributed by atoms with E-state index in [0.29, 0.717) is 0 Å². The quantitative estimate of drug-likeness (QED) is 0.795. The average Bonchev–Trinajstić information content (AvgIpc) is 2.87. The fourth-order valence-electron chi connectivity index (χ4n) is 1.38. The van der Waals surface area contributed by atoms with Crippen LogP contribution in [0.3, 0.4) is 0 Å². The minimum Gasteiger partial charge on any atom is -0.480 e. The van der Waals surface area contributed by atoms with Crippen molar-refractivity contribution < 1.29 is 25.3 Å². The lowest BCUT2D eigenvalue weighted by Gasteiger charge is -1.91. The average molecular weight is 298 g/mol. The summed E-state index contributed by atoms with van der Waals surface area (Å²) in [4.78, 5) is 20.2. The van der Waals surface area contributed by atoms with Crippen LogP contribution in [-0.4, -0.2) is 47.2 Å². The number of aliphatic carboxylic acids is 2. The number of hydrogen-bond donors (Lipinski definition) is 2. The standard InChI is InChI=1S/2C6H8N2O2.H2O/c2*1-5-2-7-8(3-5)4-6(9)10;/h2*2-3H,4H2,1H3,(H,9,10);1H2. The van der Waals surface area contributed by atoms with Gasteiger partial charge in [-0.15, -0.1) is 0 Å². The predicted octanol–water partition coefficient (Wildman–Crippen LogP) is -0.272. The van der Waals surface area contributed by atoms with E-state index in [1.54, 1.807) is 24.8 Å². The van der Waals surface area contributed by atoms with Crippen molar-refractivity contribution in [1.29, 1.82) is 0 Å². The minimum absolute atomic E-state index is 0. The summed E-state index contributed by atoms with van der Waals surface area (Å²) in [6.07, 6.45) is 6.63. The number of aromatic nitrogens is 4. The third-order valence-corrected chi connectivity index (χ3v) is 2.12. The Morgan fingerprint density at radius 3 is 1.48 bits per heavy atom. The molecule has 0 aliphatic carbocycles. The number of hydrogen-bond acceptors (Lipinski definition) is 4. The van der Waals surface area contributed by atoms with Gasteiger partial charge in [0.15, 0.2) is 0 Å². The van der Waals surface area contributed by atoms with Crippen LogP contribution in [-0.2, 0) is 22.7 Å². The minimum atomic E-state index is -0.872. The van der Waals surface area contributed by atoms with E-state index in [2.05, 4.69) is 10.2 Å². The summed E-state index contributed by atoms with van der Waals surface area (Å²) in [7, 11) is 0. The molecule has 2 rings (SSSR count). The summed E-state index contributed by atoms with van der Waals surface area (Å²) >= 11 is 0. The van der Waals surface area contributed by atoms with Crippen molar-refractivity contribution in [3.63, 3.8) is 0 Å². The van der Waals surface area contributed by atoms with E-state index in [0.717, 1.165) is 11.1 Å². The monoisotopic (exact) mass is 298 g/mol. The number of rotatable bonds is 4. The maximum atomic E-state index is 10.1. The molecule has 0 radical (unpaired) electrons. The van der Waals surface area contributed by atoms with Crippen LogP contribution in [0.5, 0.6) is 0 Å². The normalized spacial score (nSPS) is 9.24. The fraction of sp³-hybridized carbons (Fsp3) is 0.333. The van der Waals surface area contributed by atoms with E-state index < -0.39 is 11.9 Å². The van der Waals surface area contributed by atoms with Crippen molar-refractivity contribution in [2.75, 3.05) is 0 Å². The van der Waals surface area contributed by atoms with E-state index >= 15 is 0 Å². The fourth-order valence-corrected chi connectivity index (χ4v) is 1.38. The molecule has 116 valence electrons. The zero-order valence-electron chi connectivity index (χ0n) is 11.7. The molecule has 0 spiro atoms. The highest BCUT2D eigenvalue weighted by Gasteiger charge is 1.99. The molecule has 0 saturated heterocycles. The first-order valence-electron chi connectivity index (χ1n) is 5.78. The van der Waals surface area contributed by atoms with Crippen LogP contribution < -0.4 is 0 Å². The molecule has 9 heteroatoms. The number of carboxylic acids is 2. The Kier molecular flexibility index (Phi) is 7.40. The first-order chi connectivity index (χ1) is 9.36. The van der Waals surface area contributed by atoms with Crippen molar-refractivity contribution in [3.8, 4) is 0 Å². The Balaban J connectivity index is 0.000000364. The molecule has 2 aromatic heterocycles. The van der Waals surface area contributed by atoms with Gasteiger partial charge in [-0.1, -0.05) is 0 Å². The molecule has 0 aromatic carbocycles. The third kappa shape index (κ3) is 7.47. The van der Waals surface area contributed by atoms with Gasteiger partial charge < -0.3 is 15.7 Å². The molecule has 21 heavy (non-hydrogen) atoms. The number of carbonyl (C=O) groups is 2. The molecule has 0 unspecified atom stereocenters. The second-order valence-corrected chi connectivity index (χ2v) is 4.22. The maximum Gasteiger partial charge on any atom is 0.325 e. The Hall–Kier alpha value is -2.68. The van der Waals surface area contributed by atoms with Crippen LogP contribution in [0.1, 0.15) is 11.1 Å². The van der Waals surface area contributed by atoms with Crippen LogP contribution in [0.15, 0.2) is 24.8 Å². The van der Waals surface area contributed by atoms with Gasteiger partial charge in [0, 0.05) is 12.4 Å². The van der Waals surface area contributed by atoms with Gasteiger partial charge in [0.1, 0.15) is 13.1 Å². The van der Waals surface area contributed by atoms with Gasteiger partial charge in [-0.2, -0.15) is 10.2 Å². The molecule has 2 heterocycles. The molecule has 9 nitrogen and oxygen atoms in total. The summed E-state index contributed by atoms with van der Waals surface area (Å²) in [5, 5.41) is 24.2. The number of nitrogens with zero attached hydrogens (tertiary/aromatic N) is 4. The van der Waals surface area contributed by atoms with E-state index in [-0.39, 0.29) is 18.6 Å². The Labute approximate surface area is 120 Å². The lowest BCUT2D eigenvalue weighted by Crippen LogP contribution is -2.08. The van der Waals surface area contributed by atoms with Gasteiger partial charge in [-0.25, -0.2) is 0 Å². The van der Waals surface area contributed by atoms with Crippen LogP contribution in [0.2, 0.25) is 0 Å². The highest BCUT2D eigenvalue weighted by Crippen LogP contribution is 1.93. The Morgan fingerprint density at radius 2 is 1.29 bits per heavy atom. The molecular formula is C12H18N4O5. The molecule has 0 saturated carbocycles. The summed E-state index contributed by atoms with van der Waals surface area (Å²) in [6.45, 7) is 3.61. The highest BCUT2D eigenvalue weighted by molar-refractivity contribution is 5.66. The molecule has 0 aliphatic heterocycles. The van der Waals surface area contributed by atoms with E-state index in [4.69, 9.17) is 10.2 Å². The lowest BCUT2D eigenvalue weighted by atomic mass is 10.4. The Bertz CT molecular complexity index is 538. The Morgan fingerprint density at radius 1 is 0.952 bits per heavy atom. The van der Waals surface area contributed by atoms with Gasteiger partial charge >= 0.3 is 11.9 Å². The SMILES string of the molecule is Cc1cnn(CC(=O)O)c1.Cc1cnn(CC(=O)O)c1.O. The van der Waals surface area contributed by atoms with Crippen LogP contribution in [0.25, 0.3) is 0 Å². The molecule has 0 amide bonds. The maximum absolute atomic E-state index is 10.1. The first-order valence-corrected chi connectivity index (χ1v) is 5.78. The van der Waals surface area contributed by atoms with Crippen LogP contribution in [0, 0.1) is 13.8 Å². The third-order valence-electron chi connectivity index (χ3n) is 2.12. The van der Waals surface area contributed by atoms with Crippen molar-refractivity contribution >= 4 is 11.9 Å². The highest BCUT2D eigenvalue weighted by atomic mass is 16.4. The summed E-state index contributed by atoms with van der Waals surface area (Å²) in [6, 6.07) is 0. The molecule has 0 aliphatic rings. The number of aryl methyl sites for hydroxylation is 2. The molecular weight excluding hydrogens is 280 g/mol. The second kappa shape index (κ2) is 8.48. The van der Waals surface area contributed by atoms with Gasteiger partial charge in [0.05, 0.1) is 12.4 Å². The molecule has 0 bridgehead atoms. The smallest absolute Gasteiger partial charge is 0.325 e. The largest absolute Gasteiger partial charge is 0.480 e. The summed E-state index contributed by atoms with van der Waals surface area (Å²) in [5.74, 6) is -1.74. The van der Waals surface area contributed by atoms with Gasteiger partial charge in [0.2, 0.25) is 0 Å². The summed E-state index contributed by atoms with van der Waals surface area (Å²) < 4.78 is 2.77.